The zero-order valence-electron chi connectivity index (χ0n) is 12.5. The molecular formula is C15H24ClNO3. The number of ether oxygens (including phenoxy) is 2. The van der Waals surface area contributed by atoms with Crippen molar-refractivity contribution in [3.8, 4) is 11.5 Å². The molecule has 0 heterocycles. The highest BCUT2D eigenvalue weighted by Gasteiger charge is 2.12. The highest BCUT2D eigenvalue weighted by atomic mass is 35.5. The van der Waals surface area contributed by atoms with Crippen LogP contribution in [-0.2, 0) is 4.79 Å². The van der Waals surface area contributed by atoms with Crippen LogP contribution in [0.1, 0.15) is 45.2 Å². The minimum absolute atomic E-state index is 0. The van der Waals surface area contributed by atoms with Gasteiger partial charge in [-0.15, -0.1) is 12.4 Å². The van der Waals surface area contributed by atoms with Crippen LogP contribution in [0.2, 0.25) is 0 Å². The number of hydrogen-bond donors (Lipinski definition) is 1. The van der Waals surface area contributed by atoms with Gasteiger partial charge in [-0.2, -0.15) is 0 Å². The van der Waals surface area contributed by atoms with E-state index in [4.69, 9.17) is 15.2 Å². The van der Waals surface area contributed by atoms with E-state index in [9.17, 15) is 4.79 Å². The molecule has 0 saturated carbocycles. The zero-order chi connectivity index (χ0) is 14.4. The highest BCUT2D eigenvalue weighted by molar-refractivity contribution is 5.85. The maximum atomic E-state index is 11.0. The first kappa shape index (κ1) is 18.7. The lowest BCUT2D eigenvalue weighted by Gasteiger charge is -2.16. The number of rotatable bonds is 6. The third-order valence-corrected chi connectivity index (χ3v) is 2.92. The van der Waals surface area contributed by atoms with Crippen LogP contribution in [0.5, 0.6) is 11.5 Å². The predicted molar refractivity (Wildman–Crippen MR) is 82.6 cm³/mol. The summed E-state index contributed by atoms with van der Waals surface area (Å²) in [6.07, 6.45) is 2.00. The summed E-state index contributed by atoms with van der Waals surface area (Å²) >= 11 is 0. The van der Waals surface area contributed by atoms with E-state index in [2.05, 4.69) is 13.8 Å². The van der Waals surface area contributed by atoms with Crippen molar-refractivity contribution in [1.82, 2.24) is 0 Å². The van der Waals surface area contributed by atoms with E-state index in [1.165, 1.54) is 6.92 Å². The molecule has 1 aromatic carbocycles. The molecule has 0 aliphatic rings. The SMILES string of the molecule is COc1cc([C@@H](N)CCC(C)C)ccc1OC(C)=O.Cl. The van der Waals surface area contributed by atoms with Crippen molar-refractivity contribution in [2.45, 2.75) is 39.7 Å². The van der Waals surface area contributed by atoms with Gasteiger partial charge in [0.2, 0.25) is 0 Å². The van der Waals surface area contributed by atoms with Crippen molar-refractivity contribution in [3.63, 3.8) is 0 Å². The van der Waals surface area contributed by atoms with Gasteiger partial charge in [-0.1, -0.05) is 19.9 Å². The molecule has 114 valence electrons. The third kappa shape index (κ3) is 5.80. The maximum absolute atomic E-state index is 11.0. The summed E-state index contributed by atoms with van der Waals surface area (Å²) in [5.74, 6) is 1.23. The van der Waals surface area contributed by atoms with Crippen LogP contribution in [0.3, 0.4) is 0 Å². The number of carbonyl (C=O) groups excluding carboxylic acids is 1. The topological polar surface area (TPSA) is 61.6 Å². The van der Waals surface area contributed by atoms with Gasteiger partial charge in [0.05, 0.1) is 7.11 Å². The van der Waals surface area contributed by atoms with E-state index in [-0.39, 0.29) is 24.4 Å². The molecule has 0 aromatic heterocycles. The fraction of sp³-hybridized carbons (Fsp3) is 0.533. The number of hydrogen-bond acceptors (Lipinski definition) is 4. The molecule has 20 heavy (non-hydrogen) atoms. The number of nitrogens with two attached hydrogens (primary N) is 1. The van der Waals surface area contributed by atoms with Crippen LogP contribution in [-0.4, -0.2) is 13.1 Å². The monoisotopic (exact) mass is 301 g/mol. The highest BCUT2D eigenvalue weighted by Crippen LogP contribution is 2.31. The molecule has 2 N–H and O–H groups in total. The maximum Gasteiger partial charge on any atom is 0.308 e. The van der Waals surface area contributed by atoms with E-state index in [1.54, 1.807) is 13.2 Å². The van der Waals surface area contributed by atoms with E-state index < -0.39 is 0 Å². The van der Waals surface area contributed by atoms with Crippen molar-refractivity contribution in [2.75, 3.05) is 7.11 Å². The Kier molecular flexibility index (Phi) is 8.26. The Morgan fingerprint density at radius 3 is 2.40 bits per heavy atom. The molecule has 0 saturated heterocycles. The van der Waals surface area contributed by atoms with Gasteiger partial charge in [-0.05, 0) is 36.5 Å². The van der Waals surface area contributed by atoms with E-state index >= 15 is 0 Å². The second-order valence-corrected chi connectivity index (χ2v) is 5.08. The Labute approximate surface area is 127 Å². The van der Waals surface area contributed by atoms with Crippen LogP contribution in [0.25, 0.3) is 0 Å². The van der Waals surface area contributed by atoms with E-state index in [1.807, 2.05) is 12.1 Å². The summed E-state index contributed by atoms with van der Waals surface area (Å²) in [6, 6.07) is 5.42. The number of benzene rings is 1. The molecule has 5 heteroatoms. The smallest absolute Gasteiger partial charge is 0.308 e. The summed E-state index contributed by atoms with van der Waals surface area (Å²) in [4.78, 5) is 11.0. The van der Waals surface area contributed by atoms with Crippen LogP contribution in [0.4, 0.5) is 0 Å². The molecular weight excluding hydrogens is 278 g/mol. The van der Waals surface area contributed by atoms with Crippen molar-refractivity contribution in [3.05, 3.63) is 23.8 Å². The van der Waals surface area contributed by atoms with Gasteiger partial charge in [0.25, 0.3) is 0 Å². The van der Waals surface area contributed by atoms with E-state index in [0.717, 1.165) is 18.4 Å². The molecule has 0 aliphatic carbocycles. The second kappa shape index (κ2) is 8.82. The lowest BCUT2D eigenvalue weighted by Crippen LogP contribution is -2.12. The summed E-state index contributed by atoms with van der Waals surface area (Å²) in [6.45, 7) is 5.72. The Morgan fingerprint density at radius 2 is 1.90 bits per heavy atom. The van der Waals surface area contributed by atoms with Gasteiger partial charge in [-0.25, -0.2) is 0 Å². The van der Waals surface area contributed by atoms with Gasteiger partial charge in [0, 0.05) is 13.0 Å². The quantitative estimate of drug-likeness (QED) is 0.645. The Bertz CT molecular complexity index is 435. The Balaban J connectivity index is 0.00000361. The van der Waals surface area contributed by atoms with Gasteiger partial charge >= 0.3 is 5.97 Å². The van der Waals surface area contributed by atoms with Crippen LogP contribution < -0.4 is 15.2 Å². The van der Waals surface area contributed by atoms with Crippen molar-refractivity contribution in [2.24, 2.45) is 11.7 Å². The van der Waals surface area contributed by atoms with Crippen molar-refractivity contribution < 1.29 is 14.3 Å². The first-order valence-electron chi connectivity index (χ1n) is 6.56. The summed E-state index contributed by atoms with van der Waals surface area (Å²) in [5.41, 5.74) is 7.15. The minimum atomic E-state index is -0.366. The van der Waals surface area contributed by atoms with Gasteiger partial charge in [0.1, 0.15) is 0 Å². The fourth-order valence-electron chi connectivity index (χ4n) is 1.83. The number of methoxy groups -OCH3 is 1. The van der Waals surface area contributed by atoms with Crippen molar-refractivity contribution >= 4 is 18.4 Å². The Morgan fingerprint density at radius 1 is 1.25 bits per heavy atom. The molecule has 0 amide bonds. The first-order valence-corrected chi connectivity index (χ1v) is 6.56. The largest absolute Gasteiger partial charge is 0.493 e. The molecule has 0 fully saturated rings. The molecule has 0 spiro atoms. The standard InChI is InChI=1S/C15H23NO3.ClH/c1-10(2)5-7-13(16)12-6-8-14(19-11(3)17)15(9-12)18-4;/h6,8-10,13H,5,7,16H2,1-4H3;1H/t13-;/m0./s1. The molecule has 1 aromatic rings. The summed E-state index contributed by atoms with van der Waals surface area (Å²) < 4.78 is 10.3. The molecule has 0 bridgehead atoms. The van der Waals surface area contributed by atoms with Crippen LogP contribution in [0.15, 0.2) is 18.2 Å². The lowest BCUT2D eigenvalue weighted by molar-refractivity contribution is -0.132. The molecule has 0 radical (unpaired) electrons. The van der Waals surface area contributed by atoms with Crippen LogP contribution >= 0.6 is 12.4 Å². The first-order chi connectivity index (χ1) is 8.93. The molecule has 1 rings (SSSR count). The Hall–Kier alpha value is -1.26. The third-order valence-electron chi connectivity index (χ3n) is 2.92. The van der Waals surface area contributed by atoms with Gasteiger partial charge in [-0.3, -0.25) is 4.79 Å². The molecule has 0 aliphatic heterocycles. The summed E-state index contributed by atoms with van der Waals surface area (Å²) in [7, 11) is 1.55. The van der Waals surface area contributed by atoms with Gasteiger partial charge < -0.3 is 15.2 Å². The minimum Gasteiger partial charge on any atom is -0.493 e. The normalized spacial score (nSPS) is 11.7. The predicted octanol–water partition coefficient (Wildman–Crippen LogP) is 3.48. The molecule has 0 unspecified atom stereocenters. The van der Waals surface area contributed by atoms with E-state index in [0.29, 0.717) is 17.4 Å². The average molecular weight is 302 g/mol. The molecule has 4 nitrogen and oxygen atoms in total. The fourth-order valence-corrected chi connectivity index (χ4v) is 1.83. The second-order valence-electron chi connectivity index (χ2n) is 5.08. The van der Waals surface area contributed by atoms with Crippen LogP contribution in [0, 0.1) is 5.92 Å². The summed E-state index contributed by atoms with van der Waals surface area (Å²) in [5, 5.41) is 0. The lowest BCUT2D eigenvalue weighted by atomic mass is 9.98. The number of halogens is 1. The average Bonchev–Trinajstić information content (AvgIpc) is 2.35. The van der Waals surface area contributed by atoms with Gasteiger partial charge in [0.15, 0.2) is 11.5 Å². The molecule has 1 atom stereocenters. The number of esters is 1. The zero-order valence-corrected chi connectivity index (χ0v) is 13.3. The number of carbonyl (C=O) groups is 1. The van der Waals surface area contributed by atoms with Crippen molar-refractivity contribution in [1.29, 1.82) is 0 Å².